The number of rotatable bonds is 7. The highest BCUT2D eigenvalue weighted by Crippen LogP contribution is 2.29. The van der Waals surface area contributed by atoms with Gasteiger partial charge < -0.3 is 5.32 Å². The molecule has 1 aromatic carbocycles. The summed E-state index contributed by atoms with van der Waals surface area (Å²) in [6.07, 6.45) is 3.30. The number of benzene rings is 1. The van der Waals surface area contributed by atoms with Crippen molar-refractivity contribution < 1.29 is 0 Å². The van der Waals surface area contributed by atoms with Crippen LogP contribution in [-0.2, 0) is 19.4 Å². The number of hydrogen-bond donors (Lipinski definition) is 1. The fourth-order valence-electron chi connectivity index (χ4n) is 2.26. The first-order chi connectivity index (χ1) is 10.1. The lowest BCUT2D eigenvalue weighted by molar-refractivity contribution is 0.589. The summed E-state index contributed by atoms with van der Waals surface area (Å²) in [5.74, 6) is 0. The highest BCUT2D eigenvalue weighted by Gasteiger charge is 2.12. The van der Waals surface area contributed by atoms with Gasteiger partial charge in [-0.25, -0.2) is 4.98 Å². The van der Waals surface area contributed by atoms with Crippen molar-refractivity contribution in [3.8, 4) is 10.6 Å². The van der Waals surface area contributed by atoms with E-state index >= 15 is 0 Å². The Bertz CT molecular complexity index is 555. The highest BCUT2D eigenvalue weighted by atomic mass is 32.1. The Balaban J connectivity index is 2.24. The van der Waals surface area contributed by atoms with E-state index in [1.807, 2.05) is 11.3 Å². The fraction of sp³-hybridized carbons (Fsp3) is 0.500. The summed E-state index contributed by atoms with van der Waals surface area (Å²) in [6, 6.07) is 9.33. The predicted molar refractivity (Wildman–Crippen MR) is 92.9 cm³/mol. The van der Waals surface area contributed by atoms with Crippen LogP contribution in [0.1, 0.15) is 50.3 Å². The lowest BCUT2D eigenvalue weighted by atomic mass is 10.1. The van der Waals surface area contributed by atoms with Crippen LogP contribution in [0.25, 0.3) is 10.6 Å². The van der Waals surface area contributed by atoms with E-state index in [-0.39, 0.29) is 0 Å². The normalized spacial score (nSPS) is 11.3. The van der Waals surface area contributed by atoms with Gasteiger partial charge in [0.2, 0.25) is 0 Å². The smallest absolute Gasteiger partial charge is 0.123 e. The molecular formula is C18H26N2S. The molecule has 114 valence electrons. The quantitative estimate of drug-likeness (QED) is 0.793. The Labute approximate surface area is 132 Å². The van der Waals surface area contributed by atoms with Crippen molar-refractivity contribution in [2.45, 2.75) is 59.5 Å². The lowest BCUT2D eigenvalue weighted by Gasteiger charge is -2.07. The Morgan fingerprint density at radius 3 is 2.43 bits per heavy atom. The minimum Gasteiger partial charge on any atom is -0.310 e. The molecule has 1 heterocycles. The van der Waals surface area contributed by atoms with E-state index in [0.29, 0.717) is 6.04 Å². The van der Waals surface area contributed by atoms with E-state index in [2.05, 4.69) is 57.3 Å². The Morgan fingerprint density at radius 1 is 1.14 bits per heavy atom. The average molecular weight is 302 g/mol. The summed E-state index contributed by atoms with van der Waals surface area (Å²) in [5.41, 5.74) is 3.89. The third-order valence-corrected chi connectivity index (χ3v) is 4.69. The number of aryl methyl sites for hydroxylation is 2. The molecule has 2 nitrogen and oxygen atoms in total. The van der Waals surface area contributed by atoms with Crippen molar-refractivity contribution in [1.82, 2.24) is 10.3 Å². The van der Waals surface area contributed by atoms with Gasteiger partial charge in [-0.1, -0.05) is 58.4 Å². The predicted octanol–water partition coefficient (Wildman–Crippen LogP) is 4.82. The second-order valence-electron chi connectivity index (χ2n) is 5.72. The summed E-state index contributed by atoms with van der Waals surface area (Å²) >= 11 is 1.83. The monoisotopic (exact) mass is 302 g/mol. The second-order valence-corrected chi connectivity index (χ2v) is 6.81. The first-order valence-electron chi connectivity index (χ1n) is 7.95. The van der Waals surface area contributed by atoms with Crippen LogP contribution in [0.4, 0.5) is 0 Å². The molecule has 0 amide bonds. The van der Waals surface area contributed by atoms with Crippen molar-refractivity contribution in [1.29, 1.82) is 0 Å². The van der Waals surface area contributed by atoms with Crippen LogP contribution in [0.2, 0.25) is 0 Å². The maximum Gasteiger partial charge on any atom is 0.123 e. The number of hydrogen-bond acceptors (Lipinski definition) is 3. The van der Waals surface area contributed by atoms with Crippen LogP contribution in [0, 0.1) is 0 Å². The molecule has 0 spiro atoms. The Hall–Kier alpha value is -1.19. The van der Waals surface area contributed by atoms with Crippen LogP contribution in [-0.4, -0.2) is 11.0 Å². The molecule has 21 heavy (non-hydrogen) atoms. The van der Waals surface area contributed by atoms with Gasteiger partial charge in [0.1, 0.15) is 5.01 Å². The molecule has 0 aliphatic rings. The molecule has 1 N–H and O–H groups in total. The summed E-state index contributed by atoms with van der Waals surface area (Å²) in [6.45, 7) is 9.70. The van der Waals surface area contributed by atoms with Crippen LogP contribution in [0.5, 0.6) is 0 Å². The van der Waals surface area contributed by atoms with Gasteiger partial charge in [0, 0.05) is 23.0 Å². The summed E-state index contributed by atoms with van der Waals surface area (Å²) in [5, 5.41) is 4.67. The molecule has 2 rings (SSSR count). The van der Waals surface area contributed by atoms with E-state index in [1.165, 1.54) is 21.7 Å². The molecule has 0 saturated carbocycles. The van der Waals surface area contributed by atoms with Crippen LogP contribution in [0.15, 0.2) is 24.3 Å². The van der Waals surface area contributed by atoms with E-state index < -0.39 is 0 Å². The fourth-order valence-corrected chi connectivity index (χ4v) is 3.32. The molecule has 1 aromatic heterocycles. The molecule has 0 aliphatic carbocycles. The number of thiazole rings is 1. The zero-order valence-electron chi connectivity index (χ0n) is 13.6. The van der Waals surface area contributed by atoms with Crippen molar-refractivity contribution in [3.05, 3.63) is 40.4 Å². The number of aromatic nitrogens is 1. The van der Waals surface area contributed by atoms with Gasteiger partial charge in [0.25, 0.3) is 0 Å². The largest absolute Gasteiger partial charge is 0.310 e. The SMILES string of the molecule is CCCc1nc(-c2ccc(CC)cc2)sc1CNC(C)C. The molecule has 3 heteroatoms. The van der Waals surface area contributed by atoms with Gasteiger partial charge in [-0.2, -0.15) is 0 Å². The average Bonchev–Trinajstić information content (AvgIpc) is 2.89. The minimum atomic E-state index is 0.508. The molecular weight excluding hydrogens is 276 g/mol. The van der Waals surface area contributed by atoms with Crippen LogP contribution < -0.4 is 5.32 Å². The van der Waals surface area contributed by atoms with E-state index in [0.717, 1.165) is 30.8 Å². The Kier molecular flexibility index (Phi) is 5.95. The van der Waals surface area contributed by atoms with Crippen molar-refractivity contribution in [2.24, 2.45) is 0 Å². The maximum absolute atomic E-state index is 4.88. The highest BCUT2D eigenvalue weighted by molar-refractivity contribution is 7.15. The van der Waals surface area contributed by atoms with Gasteiger partial charge in [-0.3, -0.25) is 0 Å². The molecule has 2 aromatic rings. The molecule has 0 atom stereocenters. The molecule has 0 saturated heterocycles. The lowest BCUT2D eigenvalue weighted by Crippen LogP contribution is -2.21. The summed E-state index contributed by atoms with van der Waals surface area (Å²) in [4.78, 5) is 6.27. The van der Waals surface area contributed by atoms with Crippen molar-refractivity contribution in [3.63, 3.8) is 0 Å². The summed E-state index contributed by atoms with van der Waals surface area (Å²) in [7, 11) is 0. The number of nitrogens with zero attached hydrogens (tertiary/aromatic N) is 1. The third-order valence-electron chi connectivity index (χ3n) is 3.55. The first-order valence-corrected chi connectivity index (χ1v) is 8.77. The standard InChI is InChI=1S/C18H26N2S/c1-5-7-16-17(12-19-13(3)4)21-18(20-16)15-10-8-14(6-2)9-11-15/h8-11,13,19H,5-7,12H2,1-4H3. The molecule has 0 bridgehead atoms. The van der Waals surface area contributed by atoms with Gasteiger partial charge in [0.05, 0.1) is 5.69 Å². The van der Waals surface area contributed by atoms with E-state index in [4.69, 9.17) is 4.98 Å². The van der Waals surface area contributed by atoms with Gasteiger partial charge in [-0.15, -0.1) is 11.3 Å². The zero-order chi connectivity index (χ0) is 15.2. The Morgan fingerprint density at radius 2 is 1.86 bits per heavy atom. The molecule has 0 radical (unpaired) electrons. The zero-order valence-corrected chi connectivity index (χ0v) is 14.4. The number of nitrogens with one attached hydrogen (secondary N) is 1. The second kappa shape index (κ2) is 7.71. The van der Waals surface area contributed by atoms with Gasteiger partial charge in [-0.05, 0) is 18.4 Å². The van der Waals surface area contributed by atoms with Crippen molar-refractivity contribution >= 4 is 11.3 Å². The van der Waals surface area contributed by atoms with Gasteiger partial charge >= 0.3 is 0 Å². The van der Waals surface area contributed by atoms with Crippen molar-refractivity contribution in [2.75, 3.05) is 0 Å². The molecule has 0 aliphatic heterocycles. The van der Waals surface area contributed by atoms with Crippen LogP contribution >= 0.6 is 11.3 Å². The summed E-state index contributed by atoms with van der Waals surface area (Å²) < 4.78 is 0. The van der Waals surface area contributed by atoms with Crippen LogP contribution in [0.3, 0.4) is 0 Å². The van der Waals surface area contributed by atoms with E-state index in [9.17, 15) is 0 Å². The third kappa shape index (κ3) is 4.39. The topological polar surface area (TPSA) is 24.9 Å². The van der Waals surface area contributed by atoms with E-state index in [1.54, 1.807) is 0 Å². The van der Waals surface area contributed by atoms with Gasteiger partial charge in [0.15, 0.2) is 0 Å². The minimum absolute atomic E-state index is 0.508. The molecule has 0 fully saturated rings. The first kappa shape index (κ1) is 16.2. The maximum atomic E-state index is 4.88. The molecule has 0 unspecified atom stereocenters.